The van der Waals surface area contributed by atoms with Crippen LogP contribution in [0.4, 0.5) is 10.1 Å². The standard InChI is InChI=1S/C12H13ClFN3/c1-8(9-6-15-17(2)7-9)16-12-5-10(14)3-4-11(12)13/h3-8,16H,1-2H3. The van der Waals surface area contributed by atoms with E-state index in [1.54, 1.807) is 10.9 Å². The van der Waals surface area contributed by atoms with Gasteiger partial charge in [0.1, 0.15) is 5.82 Å². The summed E-state index contributed by atoms with van der Waals surface area (Å²) in [6, 6.07) is 4.27. The molecule has 1 aromatic carbocycles. The molecule has 90 valence electrons. The Morgan fingerprint density at radius 2 is 2.24 bits per heavy atom. The third kappa shape index (κ3) is 2.77. The van der Waals surface area contributed by atoms with Crippen molar-refractivity contribution in [1.29, 1.82) is 0 Å². The van der Waals surface area contributed by atoms with Gasteiger partial charge in [0.25, 0.3) is 0 Å². The third-order valence-corrected chi connectivity index (χ3v) is 2.85. The predicted molar refractivity (Wildman–Crippen MR) is 66.7 cm³/mol. The van der Waals surface area contributed by atoms with Gasteiger partial charge in [-0.15, -0.1) is 0 Å². The van der Waals surface area contributed by atoms with Crippen molar-refractivity contribution < 1.29 is 4.39 Å². The third-order valence-electron chi connectivity index (χ3n) is 2.53. The van der Waals surface area contributed by atoms with Crippen molar-refractivity contribution in [1.82, 2.24) is 9.78 Å². The Hall–Kier alpha value is -1.55. The molecule has 0 aliphatic rings. The molecule has 0 fully saturated rings. The zero-order valence-electron chi connectivity index (χ0n) is 9.61. The smallest absolute Gasteiger partial charge is 0.125 e. The zero-order valence-corrected chi connectivity index (χ0v) is 10.4. The van der Waals surface area contributed by atoms with Gasteiger partial charge >= 0.3 is 0 Å². The van der Waals surface area contributed by atoms with E-state index >= 15 is 0 Å². The van der Waals surface area contributed by atoms with E-state index in [0.717, 1.165) is 5.56 Å². The lowest BCUT2D eigenvalue weighted by Gasteiger charge is -2.14. The van der Waals surface area contributed by atoms with Gasteiger partial charge in [0, 0.05) is 18.8 Å². The lowest BCUT2D eigenvalue weighted by atomic mass is 10.2. The van der Waals surface area contributed by atoms with Crippen LogP contribution in [-0.2, 0) is 7.05 Å². The van der Waals surface area contributed by atoms with Crippen LogP contribution in [0, 0.1) is 5.82 Å². The Labute approximate surface area is 104 Å². The molecule has 0 bridgehead atoms. The molecule has 2 aromatic rings. The summed E-state index contributed by atoms with van der Waals surface area (Å²) in [4.78, 5) is 0. The Morgan fingerprint density at radius 1 is 1.47 bits per heavy atom. The van der Waals surface area contributed by atoms with Crippen LogP contribution in [-0.4, -0.2) is 9.78 Å². The van der Waals surface area contributed by atoms with Crippen LogP contribution in [0.5, 0.6) is 0 Å². The van der Waals surface area contributed by atoms with E-state index in [1.807, 2.05) is 20.2 Å². The van der Waals surface area contributed by atoms with Gasteiger partial charge in [-0.05, 0) is 25.1 Å². The highest BCUT2D eigenvalue weighted by atomic mass is 35.5. The Bertz CT molecular complexity index is 524. The minimum absolute atomic E-state index is 0.0167. The van der Waals surface area contributed by atoms with Crippen molar-refractivity contribution in [3.8, 4) is 0 Å². The molecule has 1 heterocycles. The SMILES string of the molecule is CC(Nc1cc(F)ccc1Cl)c1cnn(C)c1. The topological polar surface area (TPSA) is 29.9 Å². The summed E-state index contributed by atoms with van der Waals surface area (Å²) in [5, 5.41) is 7.75. The predicted octanol–water partition coefficient (Wildman–Crippen LogP) is 3.39. The summed E-state index contributed by atoms with van der Waals surface area (Å²) >= 11 is 5.98. The first-order chi connectivity index (χ1) is 8.06. The lowest BCUT2D eigenvalue weighted by molar-refractivity contribution is 0.628. The lowest BCUT2D eigenvalue weighted by Crippen LogP contribution is -2.06. The molecule has 1 atom stereocenters. The minimum atomic E-state index is -0.310. The highest BCUT2D eigenvalue weighted by Crippen LogP contribution is 2.26. The summed E-state index contributed by atoms with van der Waals surface area (Å²) in [5.74, 6) is -0.310. The molecule has 0 saturated heterocycles. The molecule has 2 rings (SSSR count). The second kappa shape index (κ2) is 4.75. The van der Waals surface area contributed by atoms with Gasteiger partial charge in [-0.25, -0.2) is 4.39 Å². The van der Waals surface area contributed by atoms with E-state index in [0.29, 0.717) is 10.7 Å². The van der Waals surface area contributed by atoms with Crippen LogP contribution in [0.15, 0.2) is 30.6 Å². The quantitative estimate of drug-likeness (QED) is 0.909. The molecule has 1 aromatic heterocycles. The maximum atomic E-state index is 13.1. The molecule has 0 aliphatic carbocycles. The van der Waals surface area contributed by atoms with Crippen LogP contribution < -0.4 is 5.32 Å². The minimum Gasteiger partial charge on any atom is -0.377 e. The van der Waals surface area contributed by atoms with Crippen molar-refractivity contribution in [2.75, 3.05) is 5.32 Å². The number of nitrogens with one attached hydrogen (secondary N) is 1. The van der Waals surface area contributed by atoms with Crippen molar-refractivity contribution in [3.63, 3.8) is 0 Å². The Morgan fingerprint density at radius 3 is 2.88 bits per heavy atom. The summed E-state index contributed by atoms with van der Waals surface area (Å²) in [6.45, 7) is 1.97. The van der Waals surface area contributed by atoms with Crippen LogP contribution in [0.25, 0.3) is 0 Å². The molecule has 0 amide bonds. The van der Waals surface area contributed by atoms with Crippen molar-refractivity contribution in [2.24, 2.45) is 7.05 Å². The molecule has 5 heteroatoms. The fourth-order valence-electron chi connectivity index (χ4n) is 1.59. The van der Waals surface area contributed by atoms with Gasteiger partial charge in [-0.3, -0.25) is 4.68 Å². The second-order valence-corrected chi connectivity index (χ2v) is 4.34. The molecule has 3 nitrogen and oxygen atoms in total. The molecule has 0 radical (unpaired) electrons. The molecular weight excluding hydrogens is 241 g/mol. The summed E-state index contributed by atoms with van der Waals surface area (Å²) in [7, 11) is 1.85. The average Bonchev–Trinajstić information content (AvgIpc) is 2.70. The maximum Gasteiger partial charge on any atom is 0.125 e. The largest absolute Gasteiger partial charge is 0.377 e. The number of hydrogen-bond acceptors (Lipinski definition) is 2. The molecule has 0 saturated carbocycles. The van der Waals surface area contributed by atoms with Gasteiger partial charge in [0.2, 0.25) is 0 Å². The van der Waals surface area contributed by atoms with Gasteiger partial charge in [-0.1, -0.05) is 11.6 Å². The van der Waals surface area contributed by atoms with Gasteiger partial charge in [0.15, 0.2) is 0 Å². The molecule has 17 heavy (non-hydrogen) atoms. The number of rotatable bonds is 3. The number of aryl methyl sites for hydroxylation is 1. The monoisotopic (exact) mass is 253 g/mol. The normalized spacial score (nSPS) is 12.5. The van der Waals surface area contributed by atoms with Crippen LogP contribution in [0.3, 0.4) is 0 Å². The van der Waals surface area contributed by atoms with Gasteiger partial charge in [0.05, 0.1) is 22.9 Å². The summed E-state index contributed by atoms with van der Waals surface area (Å²) in [5.41, 5.74) is 1.61. The maximum absolute atomic E-state index is 13.1. The number of anilines is 1. The fourth-order valence-corrected chi connectivity index (χ4v) is 1.76. The Kier molecular flexibility index (Phi) is 3.33. The summed E-state index contributed by atoms with van der Waals surface area (Å²) < 4.78 is 14.8. The van der Waals surface area contributed by atoms with Crippen molar-refractivity contribution in [2.45, 2.75) is 13.0 Å². The first kappa shape index (κ1) is 11.9. The fraction of sp³-hybridized carbons (Fsp3) is 0.250. The van der Waals surface area contributed by atoms with Crippen LogP contribution >= 0.6 is 11.6 Å². The highest BCUT2D eigenvalue weighted by molar-refractivity contribution is 6.33. The van der Waals surface area contributed by atoms with Crippen molar-refractivity contribution >= 4 is 17.3 Å². The van der Waals surface area contributed by atoms with E-state index < -0.39 is 0 Å². The number of halogens is 2. The zero-order chi connectivity index (χ0) is 12.4. The van der Waals surface area contributed by atoms with E-state index in [4.69, 9.17) is 11.6 Å². The number of aromatic nitrogens is 2. The van der Waals surface area contributed by atoms with E-state index in [9.17, 15) is 4.39 Å². The first-order valence-electron chi connectivity index (χ1n) is 5.26. The van der Waals surface area contributed by atoms with Gasteiger partial charge in [-0.2, -0.15) is 5.10 Å². The van der Waals surface area contributed by atoms with E-state index in [2.05, 4.69) is 10.4 Å². The summed E-state index contributed by atoms with van der Waals surface area (Å²) in [6.07, 6.45) is 3.68. The van der Waals surface area contributed by atoms with Crippen LogP contribution in [0.2, 0.25) is 5.02 Å². The van der Waals surface area contributed by atoms with Crippen LogP contribution in [0.1, 0.15) is 18.5 Å². The molecule has 1 unspecified atom stereocenters. The molecular formula is C12H13ClFN3. The Balaban J connectivity index is 2.18. The first-order valence-corrected chi connectivity index (χ1v) is 5.64. The molecule has 0 aliphatic heterocycles. The van der Waals surface area contributed by atoms with Gasteiger partial charge < -0.3 is 5.32 Å². The highest BCUT2D eigenvalue weighted by Gasteiger charge is 2.09. The molecule has 0 spiro atoms. The number of hydrogen-bond donors (Lipinski definition) is 1. The average molecular weight is 254 g/mol. The molecule has 1 N–H and O–H groups in total. The number of nitrogens with zero attached hydrogens (tertiary/aromatic N) is 2. The van der Waals surface area contributed by atoms with Crippen molar-refractivity contribution in [3.05, 3.63) is 47.0 Å². The van der Waals surface area contributed by atoms with E-state index in [1.165, 1.54) is 18.2 Å². The second-order valence-electron chi connectivity index (χ2n) is 3.94. The van der Waals surface area contributed by atoms with E-state index in [-0.39, 0.29) is 11.9 Å². The number of benzene rings is 1.